The van der Waals surface area contributed by atoms with Crippen molar-refractivity contribution in [3.8, 4) is 5.75 Å². The maximum absolute atomic E-state index is 12.9. The zero-order valence-corrected chi connectivity index (χ0v) is 13.6. The summed E-state index contributed by atoms with van der Waals surface area (Å²) in [4.78, 5) is 24.6. The fourth-order valence-corrected chi connectivity index (χ4v) is 2.16. The number of amides is 2. The second-order valence-corrected chi connectivity index (χ2v) is 5.53. The Bertz CT molecular complexity index is 737. The highest BCUT2D eigenvalue weighted by Crippen LogP contribution is 2.27. The number of alkyl halides is 4. The number of β-amino-alcohol motifs (C(OH)–C–C–N with tert-alkyl or cyclic N) is 1. The lowest BCUT2D eigenvalue weighted by molar-refractivity contribution is -0.148. The van der Waals surface area contributed by atoms with Crippen LogP contribution in [0.5, 0.6) is 5.75 Å². The quantitative estimate of drug-likeness (QED) is 0.536. The summed E-state index contributed by atoms with van der Waals surface area (Å²) in [5, 5.41) is 11.6. The van der Waals surface area contributed by atoms with Crippen LogP contribution in [-0.2, 0) is 9.59 Å². The summed E-state index contributed by atoms with van der Waals surface area (Å²) >= 11 is 0. The Kier molecular flexibility index (Phi) is 5.86. The average molecular weight is 376 g/mol. The smallest absolute Gasteiger partial charge is 0.340 e. The van der Waals surface area contributed by atoms with Crippen LogP contribution in [0.1, 0.15) is 5.56 Å². The van der Waals surface area contributed by atoms with Gasteiger partial charge in [-0.1, -0.05) is 0 Å². The largest absolute Gasteiger partial charge is 0.487 e. The summed E-state index contributed by atoms with van der Waals surface area (Å²) in [5.74, 6) is -5.49. The van der Waals surface area contributed by atoms with Gasteiger partial charge in [0.05, 0.1) is 13.2 Å². The molecule has 1 aromatic carbocycles. The van der Waals surface area contributed by atoms with Crippen molar-refractivity contribution in [1.82, 2.24) is 4.90 Å². The first kappa shape index (κ1) is 19.7. The molecule has 1 heterocycles. The van der Waals surface area contributed by atoms with E-state index in [-0.39, 0.29) is 24.6 Å². The van der Waals surface area contributed by atoms with Gasteiger partial charge in [0.2, 0.25) is 0 Å². The van der Waals surface area contributed by atoms with Crippen LogP contribution >= 0.6 is 0 Å². The van der Waals surface area contributed by atoms with Crippen LogP contribution in [0.25, 0.3) is 0 Å². The number of aliphatic hydroxyl groups is 1. The molecule has 1 aromatic rings. The molecule has 6 nitrogen and oxygen atoms in total. The monoisotopic (exact) mass is 376 g/mol. The molecule has 0 fully saturated rings. The third-order valence-corrected chi connectivity index (χ3v) is 3.55. The molecule has 0 saturated carbocycles. The Labute approximate surface area is 146 Å². The lowest BCUT2D eigenvalue weighted by Crippen LogP contribution is -2.34. The SMILES string of the molecule is Cc1cc(OCC(F)(F)C(F)F)ccc1NC1=CC(=O)N(CCO)C1=O. The fraction of sp³-hybridized carbons (Fsp3) is 0.375. The first-order valence-corrected chi connectivity index (χ1v) is 7.50. The second kappa shape index (κ2) is 7.73. The number of hydrogen-bond acceptors (Lipinski definition) is 5. The third-order valence-electron chi connectivity index (χ3n) is 3.55. The Morgan fingerprint density at radius 3 is 2.58 bits per heavy atom. The number of nitrogens with one attached hydrogen (secondary N) is 1. The number of hydrogen-bond donors (Lipinski definition) is 2. The molecule has 0 radical (unpaired) electrons. The van der Waals surface area contributed by atoms with E-state index in [1.54, 1.807) is 6.92 Å². The molecule has 0 aliphatic carbocycles. The van der Waals surface area contributed by atoms with Crippen LogP contribution in [0, 0.1) is 6.92 Å². The number of carbonyl (C=O) groups excluding carboxylic acids is 2. The van der Waals surface area contributed by atoms with Gasteiger partial charge in [0.1, 0.15) is 11.4 Å². The first-order chi connectivity index (χ1) is 12.2. The van der Waals surface area contributed by atoms with Crippen LogP contribution < -0.4 is 10.1 Å². The van der Waals surface area contributed by atoms with Crippen LogP contribution in [0.2, 0.25) is 0 Å². The maximum atomic E-state index is 12.9. The van der Waals surface area contributed by atoms with E-state index in [0.717, 1.165) is 11.0 Å². The molecule has 26 heavy (non-hydrogen) atoms. The second-order valence-electron chi connectivity index (χ2n) is 5.53. The minimum absolute atomic E-state index is 0.00977. The number of aryl methyl sites for hydroxylation is 1. The van der Waals surface area contributed by atoms with Crippen LogP contribution in [0.4, 0.5) is 23.2 Å². The summed E-state index contributed by atoms with van der Waals surface area (Å²) in [6.07, 6.45) is -2.75. The molecule has 0 unspecified atom stereocenters. The van der Waals surface area contributed by atoms with Gasteiger partial charge in [-0.2, -0.15) is 8.78 Å². The van der Waals surface area contributed by atoms with E-state index in [1.165, 1.54) is 18.2 Å². The van der Waals surface area contributed by atoms with Gasteiger partial charge < -0.3 is 15.2 Å². The van der Waals surface area contributed by atoms with E-state index in [2.05, 4.69) is 5.32 Å². The van der Waals surface area contributed by atoms with Crippen LogP contribution in [-0.4, -0.2) is 53.9 Å². The van der Waals surface area contributed by atoms with Gasteiger partial charge in [-0.25, -0.2) is 8.78 Å². The van der Waals surface area contributed by atoms with E-state index >= 15 is 0 Å². The molecule has 2 amide bonds. The molecule has 0 aromatic heterocycles. The van der Waals surface area contributed by atoms with Crippen molar-refractivity contribution in [3.05, 3.63) is 35.5 Å². The Morgan fingerprint density at radius 1 is 1.31 bits per heavy atom. The molecular weight excluding hydrogens is 360 g/mol. The highest BCUT2D eigenvalue weighted by molar-refractivity contribution is 6.17. The lowest BCUT2D eigenvalue weighted by atomic mass is 10.2. The number of rotatable bonds is 8. The van der Waals surface area contributed by atoms with Gasteiger partial charge in [-0.05, 0) is 30.7 Å². The molecule has 1 aliphatic rings. The molecule has 1 aliphatic heterocycles. The molecule has 0 spiro atoms. The normalized spacial score (nSPS) is 14.9. The number of carbonyl (C=O) groups is 2. The number of ether oxygens (including phenoxy) is 1. The predicted octanol–water partition coefficient (Wildman–Crippen LogP) is 1.93. The van der Waals surface area contributed by atoms with Crippen molar-refractivity contribution in [3.63, 3.8) is 0 Å². The van der Waals surface area contributed by atoms with E-state index in [9.17, 15) is 27.2 Å². The van der Waals surface area contributed by atoms with Crippen molar-refractivity contribution < 1.29 is 37.0 Å². The Balaban J connectivity index is 2.05. The molecule has 2 N–H and O–H groups in total. The summed E-state index contributed by atoms with van der Waals surface area (Å²) < 4.78 is 54.7. The number of anilines is 1. The molecule has 142 valence electrons. The van der Waals surface area contributed by atoms with Crippen molar-refractivity contribution in [2.45, 2.75) is 19.3 Å². The Morgan fingerprint density at radius 2 is 2.00 bits per heavy atom. The van der Waals surface area contributed by atoms with Crippen molar-refractivity contribution in [2.24, 2.45) is 0 Å². The number of benzene rings is 1. The average Bonchev–Trinajstić information content (AvgIpc) is 2.83. The summed E-state index contributed by atoms with van der Waals surface area (Å²) in [6.45, 7) is -0.394. The standard InChI is InChI=1S/C16H16F4N2O4/c1-9-6-10(26-8-16(19,20)15(17)18)2-3-11(9)21-12-7-13(24)22(4-5-23)14(12)25/h2-3,6-7,15,21,23H,4-5,8H2,1H3. The van der Waals surface area contributed by atoms with E-state index in [1.807, 2.05) is 0 Å². The molecule has 10 heteroatoms. The molecule has 2 rings (SSSR count). The number of aliphatic hydroxyl groups excluding tert-OH is 1. The minimum Gasteiger partial charge on any atom is -0.487 e. The fourth-order valence-electron chi connectivity index (χ4n) is 2.16. The van der Waals surface area contributed by atoms with E-state index in [0.29, 0.717) is 11.3 Å². The number of imide groups is 1. The summed E-state index contributed by atoms with van der Waals surface area (Å²) in [6, 6.07) is 4.00. The van der Waals surface area contributed by atoms with Gasteiger partial charge in [0.15, 0.2) is 6.61 Å². The molecule has 0 atom stereocenters. The first-order valence-electron chi connectivity index (χ1n) is 7.50. The van der Waals surface area contributed by atoms with Crippen molar-refractivity contribution >= 4 is 17.5 Å². The van der Waals surface area contributed by atoms with Gasteiger partial charge in [-0.3, -0.25) is 14.5 Å². The Hall–Kier alpha value is -2.62. The summed E-state index contributed by atoms with van der Waals surface area (Å²) in [5.41, 5.74) is 0.866. The van der Waals surface area contributed by atoms with Gasteiger partial charge >= 0.3 is 12.3 Å². The van der Waals surface area contributed by atoms with E-state index in [4.69, 9.17) is 9.84 Å². The van der Waals surface area contributed by atoms with Gasteiger partial charge in [0.25, 0.3) is 11.8 Å². The van der Waals surface area contributed by atoms with Gasteiger partial charge in [-0.15, -0.1) is 0 Å². The lowest BCUT2D eigenvalue weighted by Gasteiger charge is -2.17. The zero-order chi connectivity index (χ0) is 19.5. The van der Waals surface area contributed by atoms with Crippen LogP contribution in [0.15, 0.2) is 30.0 Å². The maximum Gasteiger partial charge on any atom is 0.340 e. The molecule has 0 bridgehead atoms. The predicted molar refractivity (Wildman–Crippen MR) is 83.1 cm³/mol. The highest BCUT2D eigenvalue weighted by Gasteiger charge is 2.41. The summed E-state index contributed by atoms with van der Waals surface area (Å²) in [7, 11) is 0. The van der Waals surface area contributed by atoms with Crippen molar-refractivity contribution in [2.75, 3.05) is 25.1 Å². The third kappa shape index (κ3) is 4.31. The van der Waals surface area contributed by atoms with Gasteiger partial charge in [0, 0.05) is 11.8 Å². The van der Waals surface area contributed by atoms with Crippen LogP contribution in [0.3, 0.4) is 0 Å². The zero-order valence-electron chi connectivity index (χ0n) is 13.6. The number of halogens is 4. The molecular formula is C16H16F4N2O4. The van der Waals surface area contributed by atoms with Crippen molar-refractivity contribution in [1.29, 1.82) is 0 Å². The topological polar surface area (TPSA) is 78.9 Å². The number of nitrogens with zero attached hydrogens (tertiary/aromatic N) is 1. The minimum atomic E-state index is -4.26. The molecule has 0 saturated heterocycles. The highest BCUT2D eigenvalue weighted by atomic mass is 19.3. The van der Waals surface area contributed by atoms with E-state index < -0.39 is 30.8 Å².